The number of amides is 2. The first-order valence-corrected chi connectivity index (χ1v) is 8.65. The quantitative estimate of drug-likeness (QED) is 0.779. The van der Waals surface area contributed by atoms with E-state index in [0.29, 0.717) is 11.0 Å². The Morgan fingerprint density at radius 2 is 1.81 bits per heavy atom. The molecule has 0 spiro atoms. The van der Waals surface area contributed by atoms with E-state index in [1.165, 1.54) is 6.07 Å². The number of carbonyl (C=O) groups is 2. The number of rotatable bonds is 3. The van der Waals surface area contributed by atoms with E-state index in [1.807, 2.05) is 0 Å². The van der Waals surface area contributed by atoms with Gasteiger partial charge in [-0.1, -0.05) is 12.1 Å². The minimum absolute atomic E-state index is 0.00112. The molecule has 0 radical (unpaired) electrons. The number of nitrogens with zero attached hydrogens (tertiary/aromatic N) is 1. The average Bonchev–Trinajstić information content (AvgIpc) is 3.11. The molecule has 2 aromatic heterocycles. The Labute approximate surface area is 148 Å². The number of para-hydroxylation sites is 1. The third kappa shape index (κ3) is 2.96. The molecule has 1 aromatic carbocycles. The van der Waals surface area contributed by atoms with Gasteiger partial charge in [0.25, 0.3) is 5.91 Å². The van der Waals surface area contributed by atoms with Gasteiger partial charge in [-0.25, -0.2) is 0 Å². The molecule has 2 amide bonds. The van der Waals surface area contributed by atoms with Crippen molar-refractivity contribution in [2.75, 3.05) is 19.6 Å². The Balaban J connectivity index is 1.53. The molecule has 0 atom stereocenters. The lowest BCUT2D eigenvalue weighted by atomic mass is 10.1. The van der Waals surface area contributed by atoms with Crippen molar-refractivity contribution in [2.24, 2.45) is 0 Å². The van der Waals surface area contributed by atoms with Crippen molar-refractivity contribution in [3.05, 3.63) is 46.3 Å². The van der Waals surface area contributed by atoms with E-state index in [1.54, 1.807) is 29.2 Å². The van der Waals surface area contributed by atoms with Gasteiger partial charge < -0.3 is 19.1 Å². The first kappa shape index (κ1) is 16.4. The van der Waals surface area contributed by atoms with Crippen molar-refractivity contribution in [2.45, 2.75) is 19.3 Å². The van der Waals surface area contributed by atoms with E-state index < -0.39 is 5.91 Å². The molecule has 7 nitrogen and oxygen atoms in total. The summed E-state index contributed by atoms with van der Waals surface area (Å²) in [6, 6.07) is 8.17. The molecule has 1 aliphatic heterocycles. The Morgan fingerprint density at radius 3 is 2.62 bits per heavy atom. The Hall–Kier alpha value is -3.09. The minimum atomic E-state index is -0.551. The Morgan fingerprint density at radius 1 is 1.04 bits per heavy atom. The van der Waals surface area contributed by atoms with Gasteiger partial charge in [-0.05, 0) is 31.4 Å². The van der Waals surface area contributed by atoms with E-state index in [4.69, 9.17) is 8.83 Å². The number of hydrogen-bond donors (Lipinski definition) is 1. The summed E-state index contributed by atoms with van der Waals surface area (Å²) in [4.78, 5) is 38.7. The molecule has 1 aliphatic rings. The molecule has 0 bridgehead atoms. The monoisotopic (exact) mass is 354 g/mol. The molecular formula is C19H18N2O5. The Bertz CT molecular complexity index is 1040. The molecule has 1 N–H and O–H groups in total. The largest absolute Gasteiger partial charge is 0.425 e. The van der Waals surface area contributed by atoms with Crippen LogP contribution < -0.4 is 10.7 Å². The van der Waals surface area contributed by atoms with Gasteiger partial charge in [0.1, 0.15) is 11.0 Å². The molecule has 0 aliphatic carbocycles. The first-order valence-electron chi connectivity index (χ1n) is 8.65. The summed E-state index contributed by atoms with van der Waals surface area (Å²) < 4.78 is 10.9. The number of piperidine rings is 1. The van der Waals surface area contributed by atoms with Gasteiger partial charge in [-0.3, -0.25) is 14.4 Å². The van der Waals surface area contributed by atoms with E-state index >= 15 is 0 Å². The molecule has 1 saturated heterocycles. The van der Waals surface area contributed by atoms with Crippen molar-refractivity contribution in [3.8, 4) is 0 Å². The minimum Gasteiger partial charge on any atom is -0.425 e. The van der Waals surface area contributed by atoms with E-state index in [0.717, 1.165) is 32.4 Å². The summed E-state index contributed by atoms with van der Waals surface area (Å²) in [6.45, 7) is 1.36. The third-order valence-corrected chi connectivity index (χ3v) is 4.61. The van der Waals surface area contributed by atoms with Gasteiger partial charge >= 0.3 is 5.78 Å². The van der Waals surface area contributed by atoms with Crippen LogP contribution >= 0.6 is 0 Å². The number of furan rings is 1. The summed E-state index contributed by atoms with van der Waals surface area (Å²) in [5.41, 5.74) is 0.139. The van der Waals surface area contributed by atoms with Crippen LogP contribution in [0.2, 0.25) is 0 Å². The SMILES string of the molecule is O=C(NCC(=O)N1CCCCC1)c1cc2c(=O)c3ccccc3oc2o1. The highest BCUT2D eigenvalue weighted by molar-refractivity contribution is 5.98. The number of hydrogen-bond acceptors (Lipinski definition) is 5. The second kappa shape index (κ2) is 6.67. The van der Waals surface area contributed by atoms with Crippen molar-refractivity contribution in [1.82, 2.24) is 10.2 Å². The van der Waals surface area contributed by atoms with Crippen LogP contribution in [0.5, 0.6) is 0 Å². The second-order valence-corrected chi connectivity index (χ2v) is 6.36. The number of carbonyl (C=O) groups excluding carboxylic acids is 2. The van der Waals surface area contributed by atoms with Crippen LogP contribution in [0.1, 0.15) is 29.8 Å². The van der Waals surface area contributed by atoms with Crippen LogP contribution in [0.4, 0.5) is 0 Å². The van der Waals surface area contributed by atoms with Gasteiger partial charge in [0, 0.05) is 19.2 Å². The van der Waals surface area contributed by atoms with Gasteiger partial charge in [0.15, 0.2) is 5.76 Å². The molecule has 3 heterocycles. The maximum absolute atomic E-state index is 12.5. The lowest BCUT2D eigenvalue weighted by molar-refractivity contribution is -0.130. The van der Waals surface area contributed by atoms with Crippen molar-refractivity contribution < 1.29 is 18.4 Å². The predicted molar refractivity (Wildman–Crippen MR) is 95.0 cm³/mol. The van der Waals surface area contributed by atoms with Gasteiger partial charge in [0.05, 0.1) is 11.9 Å². The fourth-order valence-electron chi connectivity index (χ4n) is 3.21. The molecular weight excluding hydrogens is 336 g/mol. The van der Waals surface area contributed by atoms with E-state index in [2.05, 4.69) is 5.32 Å². The first-order chi connectivity index (χ1) is 12.6. The summed E-state index contributed by atoms with van der Waals surface area (Å²) >= 11 is 0. The van der Waals surface area contributed by atoms with Crippen molar-refractivity contribution in [1.29, 1.82) is 0 Å². The van der Waals surface area contributed by atoms with Crippen LogP contribution in [0, 0.1) is 0 Å². The molecule has 0 saturated carbocycles. The fourth-order valence-corrected chi connectivity index (χ4v) is 3.21. The molecule has 7 heteroatoms. The Kier molecular flexibility index (Phi) is 4.20. The highest BCUT2D eigenvalue weighted by Gasteiger charge is 2.20. The molecule has 3 aromatic rings. The number of fused-ring (bicyclic) bond motifs is 2. The van der Waals surface area contributed by atoms with Crippen LogP contribution in [0.3, 0.4) is 0 Å². The lowest BCUT2D eigenvalue weighted by Crippen LogP contribution is -2.42. The number of benzene rings is 1. The smallest absolute Gasteiger partial charge is 0.302 e. The zero-order valence-electron chi connectivity index (χ0n) is 14.1. The summed E-state index contributed by atoms with van der Waals surface area (Å²) in [5, 5.41) is 3.18. The third-order valence-electron chi connectivity index (χ3n) is 4.61. The summed E-state index contributed by atoms with van der Waals surface area (Å²) in [6.07, 6.45) is 3.11. The van der Waals surface area contributed by atoms with Crippen LogP contribution in [0.25, 0.3) is 22.1 Å². The zero-order valence-corrected chi connectivity index (χ0v) is 14.1. The normalized spacial score (nSPS) is 14.7. The topological polar surface area (TPSA) is 92.8 Å². The number of nitrogens with one attached hydrogen (secondary N) is 1. The maximum Gasteiger partial charge on any atom is 0.302 e. The predicted octanol–water partition coefficient (Wildman–Crippen LogP) is 2.28. The summed E-state index contributed by atoms with van der Waals surface area (Å²) in [7, 11) is 0. The van der Waals surface area contributed by atoms with Gasteiger partial charge in [-0.2, -0.15) is 0 Å². The number of likely N-dealkylation sites (tertiary alicyclic amines) is 1. The second-order valence-electron chi connectivity index (χ2n) is 6.36. The zero-order chi connectivity index (χ0) is 18.1. The maximum atomic E-state index is 12.5. The summed E-state index contributed by atoms with van der Waals surface area (Å²) in [5.74, 6) is -0.719. The van der Waals surface area contributed by atoms with Crippen LogP contribution in [-0.4, -0.2) is 36.3 Å². The fraction of sp³-hybridized carbons (Fsp3) is 0.316. The van der Waals surface area contributed by atoms with Gasteiger partial charge in [0.2, 0.25) is 11.3 Å². The molecule has 4 rings (SSSR count). The average molecular weight is 354 g/mol. The van der Waals surface area contributed by atoms with Crippen molar-refractivity contribution in [3.63, 3.8) is 0 Å². The highest BCUT2D eigenvalue weighted by Crippen LogP contribution is 2.21. The van der Waals surface area contributed by atoms with Crippen molar-refractivity contribution >= 4 is 33.9 Å². The van der Waals surface area contributed by atoms with E-state index in [9.17, 15) is 14.4 Å². The van der Waals surface area contributed by atoms with E-state index in [-0.39, 0.29) is 34.8 Å². The van der Waals surface area contributed by atoms with Gasteiger partial charge in [-0.15, -0.1) is 0 Å². The molecule has 26 heavy (non-hydrogen) atoms. The molecule has 1 fully saturated rings. The molecule has 0 unspecified atom stereocenters. The van der Waals surface area contributed by atoms with Crippen LogP contribution in [-0.2, 0) is 4.79 Å². The standard InChI is InChI=1S/C19H18N2O5/c22-16(21-8-4-1-5-9-21)11-20-18(24)15-10-13-17(23)12-6-2-3-7-14(12)25-19(13)26-15/h2-3,6-7,10H,1,4-5,8-9,11H2,(H,20,24). The lowest BCUT2D eigenvalue weighted by Gasteiger charge is -2.26. The highest BCUT2D eigenvalue weighted by atomic mass is 16.5. The molecule has 134 valence electrons. The van der Waals surface area contributed by atoms with Crippen LogP contribution in [0.15, 0.2) is 44.0 Å².